The van der Waals surface area contributed by atoms with Gasteiger partial charge in [-0.2, -0.15) is 5.10 Å². The van der Waals surface area contributed by atoms with E-state index >= 15 is 0 Å². The number of sulfonamides is 1. The highest BCUT2D eigenvalue weighted by Crippen LogP contribution is 2.20. The van der Waals surface area contributed by atoms with E-state index in [0.717, 1.165) is 15.0 Å². The van der Waals surface area contributed by atoms with Crippen molar-refractivity contribution in [3.63, 3.8) is 0 Å². The Labute approximate surface area is 170 Å². The van der Waals surface area contributed by atoms with Gasteiger partial charge in [0.1, 0.15) is 6.54 Å². The second-order valence-electron chi connectivity index (χ2n) is 5.79. The largest absolute Gasteiger partial charge is 0.271 e. The summed E-state index contributed by atoms with van der Waals surface area (Å²) in [6.45, 7) is 1.11. The molecule has 0 heterocycles. The van der Waals surface area contributed by atoms with Gasteiger partial charge in [-0.25, -0.2) is 13.8 Å². The lowest BCUT2D eigenvalue weighted by atomic mass is 10.1. The lowest BCUT2D eigenvalue weighted by Gasteiger charge is -2.21. The quantitative estimate of drug-likeness (QED) is 0.380. The fourth-order valence-corrected chi connectivity index (χ4v) is 3.35. The number of nitrogens with one attached hydrogen (secondary N) is 1. The van der Waals surface area contributed by atoms with Crippen LogP contribution in [0.1, 0.15) is 12.5 Å². The van der Waals surface area contributed by atoms with Gasteiger partial charge in [-0.05, 0) is 31.2 Å². The third kappa shape index (κ3) is 5.86. The number of amides is 1. The predicted octanol–water partition coefficient (Wildman–Crippen LogP) is 2.66. The van der Waals surface area contributed by atoms with Crippen molar-refractivity contribution in [2.45, 2.75) is 6.92 Å². The van der Waals surface area contributed by atoms with Crippen LogP contribution in [0.4, 0.5) is 11.4 Å². The van der Waals surface area contributed by atoms with Crippen LogP contribution in [0.15, 0.2) is 58.1 Å². The molecule has 0 aliphatic carbocycles. The van der Waals surface area contributed by atoms with Crippen molar-refractivity contribution in [2.24, 2.45) is 5.10 Å². The summed E-state index contributed by atoms with van der Waals surface area (Å²) in [6, 6.07) is 12.3. The molecule has 2 aromatic carbocycles. The molecule has 2 aromatic rings. The molecule has 0 saturated carbocycles. The number of hydrogen-bond acceptors (Lipinski definition) is 6. The second-order valence-corrected chi connectivity index (χ2v) is 8.61. The number of non-ortho nitro benzene ring substituents is 1. The van der Waals surface area contributed by atoms with Crippen molar-refractivity contribution in [3.8, 4) is 0 Å². The van der Waals surface area contributed by atoms with Gasteiger partial charge in [-0.15, -0.1) is 0 Å². The minimum absolute atomic E-state index is 0.100. The maximum atomic E-state index is 12.2. The molecule has 0 spiro atoms. The number of halogens is 1. The fraction of sp³-hybridized carbons (Fsp3) is 0.176. The van der Waals surface area contributed by atoms with Crippen LogP contribution in [0.5, 0.6) is 0 Å². The van der Waals surface area contributed by atoms with Gasteiger partial charge in [0, 0.05) is 22.2 Å². The van der Waals surface area contributed by atoms with Gasteiger partial charge in [0.05, 0.1) is 22.6 Å². The molecule has 0 atom stereocenters. The number of carbonyl (C=O) groups excluding carboxylic acids is 1. The summed E-state index contributed by atoms with van der Waals surface area (Å²) in [5.41, 5.74) is 3.31. The molecule has 1 N–H and O–H groups in total. The van der Waals surface area contributed by atoms with Gasteiger partial charge in [0.25, 0.3) is 11.6 Å². The molecule has 1 amide bonds. The number of nitrogens with zero attached hydrogens (tertiary/aromatic N) is 3. The smallest absolute Gasteiger partial charge is 0.270 e. The van der Waals surface area contributed by atoms with E-state index in [1.165, 1.54) is 18.2 Å². The van der Waals surface area contributed by atoms with E-state index in [1.807, 2.05) is 0 Å². The molecule has 28 heavy (non-hydrogen) atoms. The standard InChI is InChI=1S/C17H17BrN4O5S/c1-12(13-4-3-5-16(10-13)22(24)25)19-20-17(23)11-21(28(2,26)27)15-8-6-14(18)7-9-15/h3-10H,11H2,1-2H3,(H,20,23)/b19-12-. The SMILES string of the molecule is C/C(=N/NC(=O)CN(c1ccc(Br)cc1)S(C)(=O)=O)c1cccc([N+](=O)[O-])c1. The zero-order valence-electron chi connectivity index (χ0n) is 15.0. The lowest BCUT2D eigenvalue weighted by molar-refractivity contribution is -0.384. The molecule has 0 aliphatic heterocycles. The maximum Gasteiger partial charge on any atom is 0.270 e. The van der Waals surface area contributed by atoms with Crippen LogP contribution in [0.2, 0.25) is 0 Å². The summed E-state index contributed by atoms with van der Waals surface area (Å²) in [5.74, 6) is -0.655. The van der Waals surface area contributed by atoms with Crippen LogP contribution < -0.4 is 9.73 Å². The van der Waals surface area contributed by atoms with Crippen LogP contribution in [-0.2, 0) is 14.8 Å². The van der Waals surface area contributed by atoms with Gasteiger partial charge in [-0.3, -0.25) is 19.2 Å². The van der Waals surface area contributed by atoms with E-state index in [-0.39, 0.29) is 5.69 Å². The van der Waals surface area contributed by atoms with Crippen LogP contribution >= 0.6 is 15.9 Å². The number of anilines is 1. The summed E-state index contributed by atoms with van der Waals surface area (Å²) in [7, 11) is -3.70. The molecule has 0 aromatic heterocycles. The molecule has 0 aliphatic rings. The molecule has 0 fully saturated rings. The van der Waals surface area contributed by atoms with Gasteiger partial charge < -0.3 is 0 Å². The lowest BCUT2D eigenvalue weighted by Crippen LogP contribution is -2.39. The third-order valence-electron chi connectivity index (χ3n) is 3.63. The molecule has 11 heteroatoms. The Hall–Kier alpha value is -2.79. The highest BCUT2D eigenvalue weighted by molar-refractivity contribution is 9.10. The van der Waals surface area contributed by atoms with E-state index in [9.17, 15) is 23.3 Å². The fourth-order valence-electron chi connectivity index (χ4n) is 2.23. The molecule has 0 bridgehead atoms. The van der Waals surface area contributed by atoms with E-state index < -0.39 is 27.4 Å². The van der Waals surface area contributed by atoms with Crippen molar-refractivity contribution in [1.29, 1.82) is 0 Å². The number of carbonyl (C=O) groups is 1. The highest BCUT2D eigenvalue weighted by Gasteiger charge is 2.20. The molecule has 0 saturated heterocycles. The number of benzene rings is 2. The number of nitro benzene ring substituents is 1. The topological polar surface area (TPSA) is 122 Å². The zero-order valence-corrected chi connectivity index (χ0v) is 17.4. The number of rotatable bonds is 7. The molecule has 9 nitrogen and oxygen atoms in total. The molecule has 0 radical (unpaired) electrons. The summed E-state index contributed by atoms with van der Waals surface area (Å²) in [6.07, 6.45) is 1.000. The number of hydrazone groups is 1. The van der Waals surface area contributed by atoms with Crippen LogP contribution in [-0.4, -0.2) is 37.8 Å². The van der Waals surface area contributed by atoms with Crippen LogP contribution in [0, 0.1) is 10.1 Å². The van der Waals surface area contributed by atoms with Crippen LogP contribution in [0.3, 0.4) is 0 Å². The average molecular weight is 469 g/mol. The normalized spacial score (nSPS) is 11.8. The third-order valence-corrected chi connectivity index (χ3v) is 5.29. The Bertz CT molecular complexity index is 1020. The molecule has 148 valence electrons. The summed E-state index contributed by atoms with van der Waals surface area (Å²) in [4.78, 5) is 22.5. The summed E-state index contributed by atoms with van der Waals surface area (Å²) >= 11 is 3.27. The van der Waals surface area contributed by atoms with Gasteiger partial charge in [0.15, 0.2) is 0 Å². The van der Waals surface area contributed by atoms with E-state index in [1.54, 1.807) is 37.3 Å². The van der Waals surface area contributed by atoms with Crippen molar-refractivity contribution >= 4 is 48.9 Å². The Morgan fingerprint density at radius 3 is 2.46 bits per heavy atom. The first kappa shape index (κ1) is 21.5. The Kier molecular flexibility index (Phi) is 6.86. The van der Waals surface area contributed by atoms with Crippen molar-refractivity contribution < 1.29 is 18.1 Å². The van der Waals surface area contributed by atoms with E-state index in [2.05, 4.69) is 26.5 Å². The second kappa shape index (κ2) is 8.93. The first-order valence-electron chi connectivity index (χ1n) is 7.89. The van der Waals surface area contributed by atoms with Gasteiger partial charge in [-0.1, -0.05) is 28.1 Å². The van der Waals surface area contributed by atoms with Gasteiger partial charge in [0.2, 0.25) is 10.0 Å². The van der Waals surface area contributed by atoms with Gasteiger partial charge >= 0.3 is 0 Å². The summed E-state index contributed by atoms with van der Waals surface area (Å²) < 4.78 is 25.8. The molecule has 0 unspecified atom stereocenters. The average Bonchev–Trinajstić information content (AvgIpc) is 2.64. The Morgan fingerprint density at radius 2 is 1.89 bits per heavy atom. The first-order chi connectivity index (χ1) is 13.1. The molecular formula is C17H17BrN4O5S. The Morgan fingerprint density at radius 1 is 1.25 bits per heavy atom. The van der Waals surface area contributed by atoms with Crippen molar-refractivity contribution in [1.82, 2.24) is 5.43 Å². The van der Waals surface area contributed by atoms with E-state index in [0.29, 0.717) is 17.0 Å². The minimum Gasteiger partial charge on any atom is -0.271 e. The predicted molar refractivity (Wildman–Crippen MR) is 110 cm³/mol. The number of hydrogen-bond donors (Lipinski definition) is 1. The van der Waals surface area contributed by atoms with Crippen LogP contribution in [0.25, 0.3) is 0 Å². The first-order valence-corrected chi connectivity index (χ1v) is 10.5. The monoisotopic (exact) mass is 468 g/mol. The zero-order chi connectivity index (χ0) is 20.9. The maximum absolute atomic E-state index is 12.2. The van der Waals surface area contributed by atoms with E-state index in [4.69, 9.17) is 0 Å². The molecular weight excluding hydrogens is 452 g/mol. The minimum atomic E-state index is -3.70. The molecule has 2 rings (SSSR count). The highest BCUT2D eigenvalue weighted by atomic mass is 79.9. The van der Waals surface area contributed by atoms with Crippen molar-refractivity contribution in [3.05, 3.63) is 68.7 Å². The van der Waals surface area contributed by atoms with Crippen molar-refractivity contribution in [2.75, 3.05) is 17.1 Å². The number of nitro groups is 1. The Balaban J connectivity index is 2.14. The summed E-state index contributed by atoms with van der Waals surface area (Å²) in [5, 5.41) is 14.7.